The number of ether oxygens (including phenoxy) is 2. The fraction of sp³-hybridized carbons (Fsp3) is 0.333. The van der Waals surface area contributed by atoms with Crippen LogP contribution in [0.2, 0.25) is 0 Å². The van der Waals surface area contributed by atoms with Gasteiger partial charge in [0.1, 0.15) is 11.5 Å². The second-order valence-corrected chi connectivity index (χ2v) is 3.60. The maximum absolute atomic E-state index is 5.53. The van der Waals surface area contributed by atoms with E-state index >= 15 is 0 Å². The summed E-state index contributed by atoms with van der Waals surface area (Å²) in [7, 11) is 5.01. The largest absolute Gasteiger partial charge is 0.497 e. The zero-order chi connectivity index (χ0) is 13.0. The van der Waals surface area contributed by atoms with Crippen molar-refractivity contribution >= 4 is 0 Å². The van der Waals surface area contributed by atoms with Crippen molar-refractivity contribution in [2.75, 3.05) is 21.3 Å². The molecule has 2 aromatic rings. The summed E-state index contributed by atoms with van der Waals surface area (Å²) < 4.78 is 16.0. The average Bonchev–Trinajstić information content (AvgIpc) is 2.87. The fourth-order valence-electron chi connectivity index (χ4n) is 1.57. The summed E-state index contributed by atoms with van der Waals surface area (Å²) >= 11 is 0. The van der Waals surface area contributed by atoms with Crippen LogP contribution in [-0.4, -0.2) is 31.5 Å². The van der Waals surface area contributed by atoms with Gasteiger partial charge in [-0.3, -0.25) is 0 Å². The van der Waals surface area contributed by atoms with Crippen molar-refractivity contribution in [1.82, 2.24) is 15.5 Å². The predicted molar refractivity (Wildman–Crippen MR) is 65.6 cm³/mol. The van der Waals surface area contributed by atoms with Crippen LogP contribution < -0.4 is 14.8 Å². The highest BCUT2D eigenvalue weighted by Gasteiger charge is 2.14. The summed E-state index contributed by atoms with van der Waals surface area (Å²) in [6, 6.07) is 5.42. The van der Waals surface area contributed by atoms with E-state index < -0.39 is 0 Å². The predicted octanol–water partition coefficient (Wildman–Crippen LogP) is 1.47. The lowest BCUT2D eigenvalue weighted by Crippen LogP contribution is -2.04. The highest BCUT2D eigenvalue weighted by atomic mass is 16.5. The van der Waals surface area contributed by atoms with Crippen LogP contribution in [-0.2, 0) is 6.54 Å². The van der Waals surface area contributed by atoms with Crippen LogP contribution in [0.15, 0.2) is 22.6 Å². The molecule has 0 amide bonds. The van der Waals surface area contributed by atoms with E-state index in [4.69, 9.17) is 13.9 Å². The molecule has 0 radical (unpaired) electrons. The van der Waals surface area contributed by atoms with Crippen molar-refractivity contribution in [2.45, 2.75) is 6.54 Å². The maximum atomic E-state index is 5.53. The molecular formula is C12H15N3O3. The van der Waals surface area contributed by atoms with E-state index in [1.165, 1.54) is 0 Å². The maximum Gasteiger partial charge on any atom is 0.251 e. The van der Waals surface area contributed by atoms with Crippen molar-refractivity contribution in [3.05, 3.63) is 24.1 Å². The zero-order valence-electron chi connectivity index (χ0n) is 10.6. The van der Waals surface area contributed by atoms with Gasteiger partial charge in [-0.05, 0) is 25.2 Å². The minimum Gasteiger partial charge on any atom is -0.497 e. The number of hydrogen-bond acceptors (Lipinski definition) is 6. The van der Waals surface area contributed by atoms with E-state index in [0.717, 1.165) is 0 Å². The van der Waals surface area contributed by atoms with Gasteiger partial charge in [0.05, 0.1) is 26.3 Å². The highest BCUT2D eigenvalue weighted by Crippen LogP contribution is 2.32. The van der Waals surface area contributed by atoms with Gasteiger partial charge >= 0.3 is 0 Å². The van der Waals surface area contributed by atoms with Gasteiger partial charge in [0.15, 0.2) is 0 Å². The highest BCUT2D eigenvalue weighted by molar-refractivity contribution is 5.64. The quantitative estimate of drug-likeness (QED) is 0.865. The molecule has 6 nitrogen and oxygen atoms in total. The molecule has 0 saturated heterocycles. The van der Waals surface area contributed by atoms with Gasteiger partial charge in [0.25, 0.3) is 5.89 Å². The van der Waals surface area contributed by atoms with Crippen molar-refractivity contribution in [3.63, 3.8) is 0 Å². The lowest BCUT2D eigenvalue weighted by atomic mass is 10.2. The topological polar surface area (TPSA) is 69.4 Å². The third kappa shape index (κ3) is 2.43. The number of rotatable bonds is 5. The smallest absolute Gasteiger partial charge is 0.251 e. The molecule has 2 rings (SSSR count). The third-order valence-corrected chi connectivity index (χ3v) is 2.43. The normalized spacial score (nSPS) is 10.4. The summed E-state index contributed by atoms with van der Waals surface area (Å²) in [6.07, 6.45) is 0. The molecule has 1 aromatic carbocycles. The molecule has 18 heavy (non-hydrogen) atoms. The number of nitrogens with one attached hydrogen (secondary N) is 1. The van der Waals surface area contributed by atoms with Crippen LogP contribution in [0.5, 0.6) is 11.5 Å². The molecule has 0 atom stereocenters. The van der Waals surface area contributed by atoms with Crippen molar-refractivity contribution in [3.8, 4) is 23.0 Å². The third-order valence-electron chi connectivity index (χ3n) is 2.43. The summed E-state index contributed by atoms with van der Waals surface area (Å²) in [4.78, 5) is 0. The second kappa shape index (κ2) is 5.50. The lowest BCUT2D eigenvalue weighted by Gasteiger charge is -2.07. The van der Waals surface area contributed by atoms with Crippen LogP contribution >= 0.6 is 0 Å². The zero-order valence-corrected chi connectivity index (χ0v) is 10.6. The first kappa shape index (κ1) is 12.4. The first-order valence-electron chi connectivity index (χ1n) is 5.48. The summed E-state index contributed by atoms with van der Waals surface area (Å²) in [5.74, 6) is 2.31. The van der Waals surface area contributed by atoms with Crippen LogP contribution in [0.25, 0.3) is 11.5 Å². The van der Waals surface area contributed by atoms with Crippen LogP contribution in [0.3, 0.4) is 0 Å². The molecule has 6 heteroatoms. The molecule has 0 unspecified atom stereocenters. The lowest BCUT2D eigenvalue weighted by molar-refractivity contribution is 0.402. The number of nitrogens with zero attached hydrogens (tertiary/aromatic N) is 2. The van der Waals surface area contributed by atoms with E-state index in [1.54, 1.807) is 26.4 Å². The minimum absolute atomic E-state index is 0.413. The molecule has 0 spiro atoms. The van der Waals surface area contributed by atoms with Crippen molar-refractivity contribution in [1.29, 1.82) is 0 Å². The van der Waals surface area contributed by atoms with Crippen LogP contribution in [0, 0.1) is 0 Å². The van der Waals surface area contributed by atoms with E-state index in [9.17, 15) is 0 Å². The molecule has 0 aliphatic carbocycles. The van der Waals surface area contributed by atoms with Crippen LogP contribution in [0.1, 0.15) is 5.89 Å². The molecular weight excluding hydrogens is 234 g/mol. The number of benzene rings is 1. The van der Waals surface area contributed by atoms with Gasteiger partial charge in [0, 0.05) is 0 Å². The number of aromatic nitrogens is 2. The first-order valence-corrected chi connectivity index (χ1v) is 5.48. The average molecular weight is 249 g/mol. The first-order chi connectivity index (χ1) is 8.78. The molecule has 0 saturated carbocycles. The Labute approximate surface area is 105 Å². The van der Waals surface area contributed by atoms with E-state index in [1.807, 2.05) is 13.1 Å². The van der Waals surface area contributed by atoms with Gasteiger partial charge in [0.2, 0.25) is 5.89 Å². The van der Waals surface area contributed by atoms with Crippen LogP contribution in [0.4, 0.5) is 0 Å². The molecule has 0 fully saturated rings. The number of hydrogen-bond donors (Lipinski definition) is 1. The molecule has 0 aliphatic heterocycles. The Morgan fingerprint density at radius 2 is 2.06 bits per heavy atom. The molecule has 1 aromatic heterocycles. The SMILES string of the molecule is CNCc1nnc(-c2cc(OC)ccc2OC)o1. The Bertz CT molecular complexity index is 525. The molecule has 1 heterocycles. The molecule has 1 N–H and O–H groups in total. The summed E-state index contributed by atoms with van der Waals surface area (Å²) in [6.45, 7) is 0.527. The van der Waals surface area contributed by atoms with Gasteiger partial charge < -0.3 is 19.2 Å². The Hall–Kier alpha value is -2.08. The summed E-state index contributed by atoms with van der Waals surface area (Å²) in [5, 5.41) is 10.9. The number of methoxy groups -OCH3 is 2. The Morgan fingerprint density at radius 3 is 2.72 bits per heavy atom. The van der Waals surface area contributed by atoms with Crippen molar-refractivity contribution in [2.24, 2.45) is 0 Å². The van der Waals surface area contributed by atoms with Gasteiger partial charge in [-0.25, -0.2) is 0 Å². The summed E-state index contributed by atoms with van der Waals surface area (Å²) in [5.41, 5.74) is 0.715. The standard InChI is InChI=1S/C12H15N3O3/c1-13-7-11-14-15-12(18-11)9-6-8(16-2)4-5-10(9)17-3/h4-6,13H,7H2,1-3H3. The van der Waals surface area contributed by atoms with Gasteiger partial charge in [-0.15, -0.1) is 10.2 Å². The Morgan fingerprint density at radius 1 is 1.22 bits per heavy atom. The van der Waals surface area contributed by atoms with Gasteiger partial charge in [-0.2, -0.15) is 0 Å². The Kier molecular flexibility index (Phi) is 3.78. The van der Waals surface area contributed by atoms with Gasteiger partial charge in [-0.1, -0.05) is 0 Å². The molecule has 0 aliphatic rings. The fourth-order valence-corrected chi connectivity index (χ4v) is 1.57. The monoisotopic (exact) mass is 249 g/mol. The molecule has 0 bridgehead atoms. The minimum atomic E-state index is 0.413. The molecule has 96 valence electrons. The van der Waals surface area contributed by atoms with Crippen molar-refractivity contribution < 1.29 is 13.9 Å². The van der Waals surface area contributed by atoms with E-state index in [0.29, 0.717) is 35.4 Å². The van der Waals surface area contributed by atoms with E-state index in [2.05, 4.69) is 15.5 Å². The van der Waals surface area contributed by atoms with E-state index in [-0.39, 0.29) is 0 Å². The second-order valence-electron chi connectivity index (χ2n) is 3.60. The Balaban J connectivity index is 2.40.